The van der Waals surface area contributed by atoms with Gasteiger partial charge in [-0.25, -0.2) is 4.79 Å². The van der Waals surface area contributed by atoms with E-state index in [9.17, 15) is 4.79 Å². The lowest BCUT2D eigenvalue weighted by Crippen LogP contribution is -2.02. The molecule has 3 nitrogen and oxygen atoms in total. The van der Waals surface area contributed by atoms with E-state index in [1.54, 1.807) is 30.3 Å². The average molecular weight is 327 g/mol. The molecule has 0 heterocycles. The van der Waals surface area contributed by atoms with Gasteiger partial charge in [-0.2, -0.15) is 0 Å². The number of halogens is 2. The standard InChI is InChI=1S/C13H9BrClNO2/c14-8-5-6-12(10(15)7-8)16-11-4-2-1-3-9(11)13(17)18/h1-7,16H,(H,17,18). The largest absolute Gasteiger partial charge is 0.478 e. The van der Waals surface area contributed by atoms with Crippen molar-refractivity contribution in [1.82, 2.24) is 0 Å². The Morgan fingerprint density at radius 2 is 1.89 bits per heavy atom. The summed E-state index contributed by atoms with van der Waals surface area (Å²) >= 11 is 9.38. The Balaban J connectivity index is 2.37. The van der Waals surface area contributed by atoms with E-state index in [-0.39, 0.29) is 5.56 Å². The molecule has 92 valence electrons. The molecule has 0 radical (unpaired) electrons. The predicted octanol–water partition coefficient (Wildman–Crippen LogP) is 4.54. The smallest absolute Gasteiger partial charge is 0.337 e. The minimum atomic E-state index is -0.980. The van der Waals surface area contributed by atoms with Crippen LogP contribution < -0.4 is 5.32 Å². The molecular weight excluding hydrogens is 318 g/mol. The van der Waals surface area contributed by atoms with Crippen molar-refractivity contribution in [2.75, 3.05) is 5.32 Å². The van der Waals surface area contributed by atoms with Crippen molar-refractivity contribution in [2.45, 2.75) is 0 Å². The van der Waals surface area contributed by atoms with Crippen molar-refractivity contribution in [1.29, 1.82) is 0 Å². The molecule has 2 N–H and O–H groups in total. The summed E-state index contributed by atoms with van der Waals surface area (Å²) in [7, 11) is 0. The van der Waals surface area contributed by atoms with Crippen LogP contribution in [0.1, 0.15) is 10.4 Å². The van der Waals surface area contributed by atoms with Crippen LogP contribution in [0, 0.1) is 0 Å². The number of rotatable bonds is 3. The molecular formula is C13H9BrClNO2. The molecule has 5 heteroatoms. The van der Waals surface area contributed by atoms with Gasteiger partial charge in [0.05, 0.1) is 22.0 Å². The van der Waals surface area contributed by atoms with E-state index in [0.717, 1.165) is 4.47 Å². The van der Waals surface area contributed by atoms with E-state index >= 15 is 0 Å². The SMILES string of the molecule is O=C(O)c1ccccc1Nc1ccc(Br)cc1Cl. The van der Waals surface area contributed by atoms with Gasteiger partial charge < -0.3 is 10.4 Å². The lowest BCUT2D eigenvalue weighted by Gasteiger charge is -2.11. The van der Waals surface area contributed by atoms with E-state index < -0.39 is 5.97 Å². The van der Waals surface area contributed by atoms with Gasteiger partial charge in [-0.1, -0.05) is 39.7 Å². The summed E-state index contributed by atoms with van der Waals surface area (Å²) in [5, 5.41) is 12.6. The normalized spacial score (nSPS) is 10.1. The maximum atomic E-state index is 11.1. The molecule has 18 heavy (non-hydrogen) atoms. The van der Waals surface area contributed by atoms with E-state index in [1.807, 2.05) is 6.07 Å². The van der Waals surface area contributed by atoms with Crippen LogP contribution in [0.3, 0.4) is 0 Å². The molecule has 0 unspecified atom stereocenters. The summed E-state index contributed by atoms with van der Waals surface area (Å²) in [4.78, 5) is 11.1. The van der Waals surface area contributed by atoms with Crippen molar-refractivity contribution < 1.29 is 9.90 Å². The summed E-state index contributed by atoms with van der Waals surface area (Å²) in [5.74, 6) is -0.980. The van der Waals surface area contributed by atoms with Crippen LogP contribution in [0.2, 0.25) is 5.02 Å². The number of anilines is 2. The van der Waals surface area contributed by atoms with E-state index in [4.69, 9.17) is 16.7 Å². The molecule has 0 bridgehead atoms. The van der Waals surface area contributed by atoms with Crippen molar-refractivity contribution >= 4 is 44.9 Å². The van der Waals surface area contributed by atoms with Gasteiger partial charge in [-0.3, -0.25) is 0 Å². The first-order valence-corrected chi connectivity index (χ1v) is 6.29. The number of para-hydroxylation sites is 1. The fourth-order valence-electron chi connectivity index (χ4n) is 1.51. The minimum Gasteiger partial charge on any atom is -0.478 e. The number of nitrogens with one attached hydrogen (secondary N) is 1. The third-order valence-corrected chi connectivity index (χ3v) is 3.16. The molecule has 2 aromatic rings. The van der Waals surface area contributed by atoms with Crippen LogP contribution >= 0.6 is 27.5 Å². The lowest BCUT2D eigenvalue weighted by atomic mass is 10.1. The van der Waals surface area contributed by atoms with Gasteiger partial charge in [0.25, 0.3) is 0 Å². The zero-order chi connectivity index (χ0) is 13.1. The molecule has 0 aliphatic carbocycles. The van der Waals surface area contributed by atoms with Crippen molar-refractivity contribution in [3.05, 3.63) is 57.5 Å². The molecule has 0 atom stereocenters. The number of hydrogen-bond acceptors (Lipinski definition) is 2. The maximum Gasteiger partial charge on any atom is 0.337 e. The Labute approximate surface area is 118 Å². The van der Waals surface area contributed by atoms with Crippen LogP contribution in [0.15, 0.2) is 46.9 Å². The van der Waals surface area contributed by atoms with Gasteiger partial charge in [0.1, 0.15) is 0 Å². The Kier molecular flexibility index (Phi) is 3.89. The highest BCUT2D eigenvalue weighted by atomic mass is 79.9. The second-order valence-electron chi connectivity index (χ2n) is 3.60. The van der Waals surface area contributed by atoms with E-state index in [1.165, 1.54) is 6.07 Å². The minimum absolute atomic E-state index is 0.205. The number of hydrogen-bond donors (Lipinski definition) is 2. The summed E-state index contributed by atoms with van der Waals surface area (Å²) in [6.07, 6.45) is 0. The fraction of sp³-hybridized carbons (Fsp3) is 0. The Bertz CT molecular complexity index is 601. The first-order valence-electron chi connectivity index (χ1n) is 5.12. The van der Waals surface area contributed by atoms with Crippen molar-refractivity contribution in [2.24, 2.45) is 0 Å². The predicted molar refractivity (Wildman–Crippen MR) is 75.8 cm³/mol. The number of aromatic carboxylic acids is 1. The highest BCUT2D eigenvalue weighted by Gasteiger charge is 2.10. The summed E-state index contributed by atoms with van der Waals surface area (Å²) in [6.45, 7) is 0. The molecule has 0 aromatic heterocycles. The molecule has 0 saturated heterocycles. The van der Waals surface area contributed by atoms with Crippen LogP contribution in [0.4, 0.5) is 11.4 Å². The fourth-order valence-corrected chi connectivity index (χ4v) is 2.24. The average Bonchev–Trinajstić information content (AvgIpc) is 2.33. The van der Waals surface area contributed by atoms with Gasteiger partial charge in [0.2, 0.25) is 0 Å². The summed E-state index contributed by atoms with van der Waals surface area (Å²) in [5.41, 5.74) is 1.37. The van der Waals surface area contributed by atoms with E-state index in [2.05, 4.69) is 21.2 Å². The van der Waals surface area contributed by atoms with E-state index in [0.29, 0.717) is 16.4 Å². The summed E-state index contributed by atoms with van der Waals surface area (Å²) in [6, 6.07) is 12.0. The monoisotopic (exact) mass is 325 g/mol. The molecule has 0 saturated carbocycles. The third-order valence-electron chi connectivity index (χ3n) is 2.36. The molecule has 0 amide bonds. The second-order valence-corrected chi connectivity index (χ2v) is 4.92. The first-order chi connectivity index (χ1) is 8.58. The van der Waals surface area contributed by atoms with Crippen LogP contribution in [0.5, 0.6) is 0 Å². The number of carboxylic acid groups (broad SMARTS) is 1. The Hall–Kier alpha value is -1.52. The molecule has 0 aliphatic rings. The molecule has 0 aliphatic heterocycles. The quantitative estimate of drug-likeness (QED) is 0.870. The zero-order valence-electron chi connectivity index (χ0n) is 9.15. The number of carboxylic acids is 1. The molecule has 2 rings (SSSR count). The maximum absolute atomic E-state index is 11.1. The van der Waals surface area contributed by atoms with Gasteiger partial charge in [-0.15, -0.1) is 0 Å². The molecule has 0 spiro atoms. The first kappa shape index (κ1) is 12.9. The Morgan fingerprint density at radius 3 is 2.56 bits per heavy atom. The highest BCUT2D eigenvalue weighted by molar-refractivity contribution is 9.10. The molecule has 2 aromatic carbocycles. The van der Waals surface area contributed by atoms with Crippen molar-refractivity contribution in [3.63, 3.8) is 0 Å². The van der Waals surface area contributed by atoms with Crippen LogP contribution in [-0.4, -0.2) is 11.1 Å². The highest BCUT2D eigenvalue weighted by Crippen LogP contribution is 2.29. The Morgan fingerprint density at radius 1 is 1.17 bits per heavy atom. The third kappa shape index (κ3) is 2.83. The van der Waals surface area contributed by atoms with Gasteiger partial charge in [0.15, 0.2) is 0 Å². The van der Waals surface area contributed by atoms with Gasteiger partial charge >= 0.3 is 5.97 Å². The molecule has 0 fully saturated rings. The second kappa shape index (κ2) is 5.42. The lowest BCUT2D eigenvalue weighted by molar-refractivity contribution is 0.0698. The van der Waals surface area contributed by atoms with Crippen LogP contribution in [-0.2, 0) is 0 Å². The van der Waals surface area contributed by atoms with Gasteiger partial charge in [-0.05, 0) is 30.3 Å². The topological polar surface area (TPSA) is 49.3 Å². The summed E-state index contributed by atoms with van der Waals surface area (Å²) < 4.78 is 0.865. The number of carbonyl (C=O) groups is 1. The zero-order valence-corrected chi connectivity index (χ0v) is 11.5. The van der Waals surface area contributed by atoms with Crippen molar-refractivity contribution in [3.8, 4) is 0 Å². The van der Waals surface area contributed by atoms with Gasteiger partial charge in [0, 0.05) is 4.47 Å². The van der Waals surface area contributed by atoms with Crippen LogP contribution in [0.25, 0.3) is 0 Å². The number of benzene rings is 2.